The first-order valence-electron chi connectivity index (χ1n) is 10.9. The normalized spacial score (nSPS) is 14.7. The van der Waals surface area contributed by atoms with Crippen LogP contribution in [0.2, 0.25) is 0 Å². The van der Waals surface area contributed by atoms with Crippen molar-refractivity contribution in [3.05, 3.63) is 59.4 Å². The molecule has 0 unspecified atom stereocenters. The van der Waals surface area contributed by atoms with Gasteiger partial charge in [0, 0.05) is 24.7 Å². The molecular weight excluding hydrogens is 454 g/mol. The number of carbonyl (C=O) groups excluding carboxylic acids is 1. The van der Waals surface area contributed by atoms with Crippen LogP contribution in [0.25, 0.3) is 15.9 Å². The fourth-order valence-corrected chi connectivity index (χ4v) is 6.16. The molecule has 0 spiro atoms. The van der Waals surface area contributed by atoms with Crippen molar-refractivity contribution in [3.8, 4) is 11.4 Å². The predicted molar refractivity (Wildman–Crippen MR) is 132 cm³/mol. The Hall–Kier alpha value is -2.91. The van der Waals surface area contributed by atoms with Gasteiger partial charge in [-0.1, -0.05) is 23.9 Å². The second kappa shape index (κ2) is 9.52. The first kappa shape index (κ1) is 21.9. The van der Waals surface area contributed by atoms with Gasteiger partial charge in [-0.2, -0.15) is 0 Å². The highest BCUT2D eigenvalue weighted by Crippen LogP contribution is 2.34. The van der Waals surface area contributed by atoms with Crippen LogP contribution in [-0.4, -0.2) is 56.5 Å². The SMILES string of the molecule is COc1ccc(-n2c(C)nnc2SCC(=O)N2CCC(c3nc4ccccc4s3)CC2)cc1. The molecule has 1 fully saturated rings. The molecule has 0 N–H and O–H groups in total. The van der Waals surface area contributed by atoms with Gasteiger partial charge in [0.15, 0.2) is 5.16 Å². The number of amides is 1. The minimum Gasteiger partial charge on any atom is -0.497 e. The summed E-state index contributed by atoms with van der Waals surface area (Å²) in [6, 6.07) is 16.0. The number of hydrogen-bond donors (Lipinski definition) is 0. The summed E-state index contributed by atoms with van der Waals surface area (Å²) in [6.45, 7) is 3.45. The topological polar surface area (TPSA) is 73.1 Å². The number of methoxy groups -OCH3 is 1. The molecule has 0 bridgehead atoms. The number of carbonyl (C=O) groups is 1. The van der Waals surface area contributed by atoms with Crippen molar-refractivity contribution in [1.82, 2.24) is 24.6 Å². The maximum absolute atomic E-state index is 12.9. The van der Waals surface area contributed by atoms with Crippen molar-refractivity contribution in [3.63, 3.8) is 0 Å². The Balaban J connectivity index is 1.19. The summed E-state index contributed by atoms with van der Waals surface area (Å²) < 4.78 is 8.45. The monoisotopic (exact) mass is 479 g/mol. The lowest BCUT2D eigenvalue weighted by Gasteiger charge is -2.31. The molecule has 3 heterocycles. The summed E-state index contributed by atoms with van der Waals surface area (Å²) in [7, 11) is 1.65. The average Bonchev–Trinajstić information content (AvgIpc) is 3.46. The Morgan fingerprint density at radius 3 is 2.61 bits per heavy atom. The molecule has 9 heteroatoms. The number of piperidine rings is 1. The summed E-state index contributed by atoms with van der Waals surface area (Å²) in [5.41, 5.74) is 2.02. The highest BCUT2D eigenvalue weighted by atomic mass is 32.2. The van der Waals surface area contributed by atoms with Crippen molar-refractivity contribution in [1.29, 1.82) is 0 Å². The van der Waals surface area contributed by atoms with E-state index < -0.39 is 0 Å². The third kappa shape index (κ3) is 4.60. The maximum atomic E-state index is 12.9. The van der Waals surface area contributed by atoms with Gasteiger partial charge in [-0.3, -0.25) is 9.36 Å². The van der Waals surface area contributed by atoms with E-state index in [0.29, 0.717) is 11.7 Å². The molecule has 5 rings (SSSR count). The standard InChI is InChI=1S/C24H25N5O2S2/c1-16-26-27-24(29(16)18-7-9-19(31-2)10-8-18)32-15-22(30)28-13-11-17(12-14-28)23-25-20-5-3-4-6-21(20)33-23/h3-10,17H,11-15H2,1-2H3. The minimum atomic E-state index is 0.143. The summed E-state index contributed by atoms with van der Waals surface area (Å²) in [4.78, 5) is 19.7. The number of aryl methyl sites for hydroxylation is 1. The van der Waals surface area contributed by atoms with Gasteiger partial charge in [-0.25, -0.2) is 4.98 Å². The number of rotatable bonds is 6. The molecular formula is C24H25N5O2S2. The van der Waals surface area contributed by atoms with E-state index in [4.69, 9.17) is 9.72 Å². The maximum Gasteiger partial charge on any atom is 0.233 e. The van der Waals surface area contributed by atoms with E-state index in [0.717, 1.165) is 53.9 Å². The van der Waals surface area contributed by atoms with Crippen molar-refractivity contribution in [2.75, 3.05) is 26.0 Å². The Labute approximate surface area is 200 Å². The summed E-state index contributed by atoms with van der Waals surface area (Å²) >= 11 is 3.21. The third-order valence-corrected chi connectivity index (χ3v) is 8.07. The number of thiazole rings is 1. The molecule has 7 nitrogen and oxygen atoms in total. The number of fused-ring (bicyclic) bond motifs is 1. The highest BCUT2D eigenvalue weighted by molar-refractivity contribution is 7.99. The van der Waals surface area contributed by atoms with Crippen LogP contribution in [0.4, 0.5) is 0 Å². The summed E-state index contributed by atoms with van der Waals surface area (Å²) in [6.07, 6.45) is 1.91. The third-order valence-electron chi connectivity index (χ3n) is 5.96. The van der Waals surface area contributed by atoms with Gasteiger partial charge in [-0.15, -0.1) is 21.5 Å². The van der Waals surface area contributed by atoms with Gasteiger partial charge in [-0.05, 0) is 56.2 Å². The van der Waals surface area contributed by atoms with Crippen LogP contribution in [0, 0.1) is 6.92 Å². The number of thioether (sulfide) groups is 1. The Morgan fingerprint density at radius 2 is 1.88 bits per heavy atom. The van der Waals surface area contributed by atoms with Crippen molar-refractivity contribution in [2.45, 2.75) is 30.8 Å². The lowest BCUT2D eigenvalue weighted by molar-refractivity contribution is -0.129. The molecule has 1 amide bonds. The quantitative estimate of drug-likeness (QED) is 0.374. The Kier molecular flexibility index (Phi) is 6.32. The van der Waals surface area contributed by atoms with E-state index in [9.17, 15) is 4.79 Å². The molecule has 0 saturated carbocycles. The van der Waals surface area contributed by atoms with Gasteiger partial charge in [0.05, 0.1) is 28.1 Å². The second-order valence-corrected chi connectivity index (χ2v) is 10.0. The fraction of sp³-hybridized carbons (Fsp3) is 0.333. The van der Waals surface area contributed by atoms with Gasteiger partial charge in [0.2, 0.25) is 5.91 Å². The van der Waals surface area contributed by atoms with E-state index in [1.165, 1.54) is 21.5 Å². The summed E-state index contributed by atoms with van der Waals surface area (Å²) in [5, 5.41) is 10.4. The first-order valence-corrected chi connectivity index (χ1v) is 12.7. The van der Waals surface area contributed by atoms with Crippen LogP contribution >= 0.6 is 23.1 Å². The molecule has 33 heavy (non-hydrogen) atoms. The number of likely N-dealkylation sites (tertiary alicyclic amines) is 1. The van der Waals surface area contributed by atoms with E-state index in [1.807, 2.05) is 46.7 Å². The number of benzene rings is 2. The van der Waals surface area contributed by atoms with Crippen LogP contribution in [0.1, 0.15) is 29.6 Å². The lowest BCUT2D eigenvalue weighted by atomic mass is 9.97. The van der Waals surface area contributed by atoms with Gasteiger partial charge in [0.1, 0.15) is 11.6 Å². The molecule has 170 valence electrons. The lowest BCUT2D eigenvalue weighted by Crippen LogP contribution is -2.39. The zero-order chi connectivity index (χ0) is 22.8. The zero-order valence-electron chi connectivity index (χ0n) is 18.6. The van der Waals surface area contributed by atoms with Crippen LogP contribution in [0.3, 0.4) is 0 Å². The summed E-state index contributed by atoms with van der Waals surface area (Å²) in [5.74, 6) is 2.50. The molecule has 2 aromatic carbocycles. The highest BCUT2D eigenvalue weighted by Gasteiger charge is 2.26. The minimum absolute atomic E-state index is 0.143. The van der Waals surface area contributed by atoms with Crippen LogP contribution in [-0.2, 0) is 4.79 Å². The van der Waals surface area contributed by atoms with Crippen LogP contribution in [0.15, 0.2) is 53.7 Å². The zero-order valence-corrected chi connectivity index (χ0v) is 20.2. The molecule has 2 aromatic heterocycles. The van der Waals surface area contributed by atoms with E-state index in [2.05, 4.69) is 28.4 Å². The van der Waals surface area contributed by atoms with Crippen molar-refractivity contribution >= 4 is 39.2 Å². The van der Waals surface area contributed by atoms with E-state index in [1.54, 1.807) is 18.4 Å². The number of aromatic nitrogens is 4. The van der Waals surface area contributed by atoms with Crippen LogP contribution < -0.4 is 4.74 Å². The van der Waals surface area contributed by atoms with Crippen molar-refractivity contribution < 1.29 is 9.53 Å². The smallest absolute Gasteiger partial charge is 0.233 e. The fourth-order valence-electron chi connectivity index (χ4n) is 4.12. The molecule has 1 saturated heterocycles. The predicted octanol–water partition coefficient (Wildman–Crippen LogP) is 4.69. The molecule has 1 aliphatic heterocycles. The number of para-hydroxylation sites is 1. The van der Waals surface area contributed by atoms with Gasteiger partial charge in [0.25, 0.3) is 0 Å². The van der Waals surface area contributed by atoms with Crippen molar-refractivity contribution in [2.24, 2.45) is 0 Å². The van der Waals surface area contributed by atoms with Crippen LogP contribution in [0.5, 0.6) is 5.75 Å². The largest absolute Gasteiger partial charge is 0.497 e. The van der Waals surface area contributed by atoms with E-state index in [-0.39, 0.29) is 5.91 Å². The molecule has 1 aliphatic rings. The van der Waals surface area contributed by atoms with E-state index >= 15 is 0 Å². The molecule has 4 aromatic rings. The Bertz CT molecular complexity index is 1230. The molecule has 0 radical (unpaired) electrons. The number of nitrogens with zero attached hydrogens (tertiary/aromatic N) is 5. The molecule has 0 atom stereocenters. The second-order valence-electron chi connectivity index (χ2n) is 8.03. The number of ether oxygens (including phenoxy) is 1. The number of hydrogen-bond acceptors (Lipinski definition) is 7. The first-order chi connectivity index (χ1) is 16.1. The molecule has 0 aliphatic carbocycles. The van der Waals surface area contributed by atoms with Gasteiger partial charge >= 0.3 is 0 Å². The Morgan fingerprint density at radius 1 is 1.12 bits per heavy atom. The average molecular weight is 480 g/mol. The van der Waals surface area contributed by atoms with Gasteiger partial charge < -0.3 is 9.64 Å².